The van der Waals surface area contributed by atoms with E-state index in [0.717, 1.165) is 32.4 Å². The predicted octanol–water partition coefficient (Wildman–Crippen LogP) is 1.07. The molecule has 1 amide bonds. The van der Waals surface area contributed by atoms with Crippen LogP contribution in [0, 0.1) is 5.41 Å². The fourth-order valence-electron chi connectivity index (χ4n) is 3.71. The van der Waals surface area contributed by atoms with Crippen molar-refractivity contribution in [3.05, 3.63) is 0 Å². The molecule has 1 aliphatic heterocycles. The molecule has 3 unspecified atom stereocenters. The number of rotatable bonds is 6. The molecule has 1 saturated carbocycles. The first kappa shape index (κ1) is 15.7. The Hall–Kier alpha value is -0.650. The van der Waals surface area contributed by atoms with Crippen LogP contribution in [0.4, 0.5) is 0 Å². The van der Waals surface area contributed by atoms with Crippen LogP contribution in [-0.4, -0.2) is 51.0 Å². The maximum atomic E-state index is 12.2. The highest BCUT2D eigenvalue weighted by molar-refractivity contribution is 5.77. The molecule has 0 aromatic heterocycles. The third-order valence-corrected chi connectivity index (χ3v) is 5.15. The number of ether oxygens (including phenoxy) is 2. The van der Waals surface area contributed by atoms with Gasteiger partial charge in [0.1, 0.15) is 0 Å². The van der Waals surface area contributed by atoms with Crippen LogP contribution in [-0.2, 0) is 14.3 Å². The lowest BCUT2D eigenvalue weighted by atomic mass is 9.58. The second-order valence-corrected chi connectivity index (χ2v) is 5.95. The van der Waals surface area contributed by atoms with Crippen LogP contribution in [0.1, 0.15) is 39.5 Å². The number of hydrogen-bond donors (Lipinski definition) is 2. The van der Waals surface area contributed by atoms with Gasteiger partial charge in [0.25, 0.3) is 0 Å². The average Bonchev–Trinajstić information content (AvgIpc) is 2.45. The van der Waals surface area contributed by atoms with Gasteiger partial charge in [0.15, 0.2) is 0 Å². The van der Waals surface area contributed by atoms with E-state index in [-0.39, 0.29) is 29.5 Å². The first-order chi connectivity index (χ1) is 9.66. The molecule has 1 saturated heterocycles. The number of morpholine rings is 1. The van der Waals surface area contributed by atoms with Crippen LogP contribution >= 0.6 is 0 Å². The molecule has 5 nitrogen and oxygen atoms in total. The fourth-order valence-corrected chi connectivity index (χ4v) is 3.71. The quantitative estimate of drug-likeness (QED) is 0.766. The molecule has 2 rings (SSSR count). The summed E-state index contributed by atoms with van der Waals surface area (Å²) in [5.41, 5.74) is 0.112. The minimum absolute atomic E-state index is 0.112. The number of methoxy groups -OCH3 is 1. The van der Waals surface area contributed by atoms with Gasteiger partial charge in [-0.3, -0.25) is 4.79 Å². The fraction of sp³-hybridized carbons (Fsp3) is 0.933. The standard InChI is InChI=1S/C15H28N2O3/c1-4-15(5-2)12(9-13(15)19-3)17-14(18)8-11-10-20-7-6-16-11/h11-13,16H,4-10H2,1-3H3,(H,17,18). The van der Waals surface area contributed by atoms with E-state index in [0.29, 0.717) is 13.0 Å². The van der Waals surface area contributed by atoms with E-state index in [4.69, 9.17) is 9.47 Å². The normalized spacial score (nSPS) is 32.5. The molecule has 1 aliphatic carbocycles. The van der Waals surface area contributed by atoms with Crippen molar-refractivity contribution in [3.63, 3.8) is 0 Å². The zero-order valence-corrected chi connectivity index (χ0v) is 12.9. The molecule has 5 heteroatoms. The first-order valence-corrected chi connectivity index (χ1v) is 7.79. The van der Waals surface area contributed by atoms with E-state index >= 15 is 0 Å². The van der Waals surface area contributed by atoms with Gasteiger partial charge < -0.3 is 20.1 Å². The van der Waals surface area contributed by atoms with Crippen LogP contribution in [0.3, 0.4) is 0 Å². The summed E-state index contributed by atoms with van der Waals surface area (Å²) >= 11 is 0. The molecule has 1 heterocycles. The van der Waals surface area contributed by atoms with E-state index < -0.39 is 0 Å². The molecule has 116 valence electrons. The first-order valence-electron chi connectivity index (χ1n) is 7.79. The lowest BCUT2D eigenvalue weighted by Crippen LogP contribution is -2.64. The molecular weight excluding hydrogens is 256 g/mol. The van der Waals surface area contributed by atoms with E-state index in [1.165, 1.54) is 0 Å². The van der Waals surface area contributed by atoms with Gasteiger partial charge in [-0.1, -0.05) is 13.8 Å². The summed E-state index contributed by atoms with van der Waals surface area (Å²) in [6, 6.07) is 0.402. The Morgan fingerprint density at radius 2 is 2.20 bits per heavy atom. The molecule has 0 radical (unpaired) electrons. The van der Waals surface area contributed by atoms with Crippen molar-refractivity contribution in [2.45, 2.75) is 57.7 Å². The van der Waals surface area contributed by atoms with Crippen LogP contribution < -0.4 is 10.6 Å². The molecule has 2 N–H and O–H groups in total. The highest BCUT2D eigenvalue weighted by Gasteiger charge is 2.53. The molecular formula is C15H28N2O3. The molecule has 2 fully saturated rings. The number of amides is 1. The van der Waals surface area contributed by atoms with Crippen LogP contribution in [0.5, 0.6) is 0 Å². The molecule has 0 spiro atoms. The Morgan fingerprint density at radius 3 is 2.75 bits per heavy atom. The largest absolute Gasteiger partial charge is 0.381 e. The van der Waals surface area contributed by atoms with E-state index in [9.17, 15) is 4.79 Å². The van der Waals surface area contributed by atoms with Crippen LogP contribution in [0.15, 0.2) is 0 Å². The van der Waals surface area contributed by atoms with Crippen molar-refractivity contribution in [1.82, 2.24) is 10.6 Å². The second kappa shape index (κ2) is 6.87. The third kappa shape index (κ3) is 3.00. The third-order valence-electron chi connectivity index (χ3n) is 5.15. The topological polar surface area (TPSA) is 59.6 Å². The molecule has 20 heavy (non-hydrogen) atoms. The molecule has 0 aromatic carbocycles. The van der Waals surface area contributed by atoms with E-state index in [2.05, 4.69) is 24.5 Å². The lowest BCUT2D eigenvalue weighted by Gasteiger charge is -2.55. The monoisotopic (exact) mass is 284 g/mol. The number of carbonyl (C=O) groups is 1. The zero-order valence-electron chi connectivity index (χ0n) is 12.9. The van der Waals surface area contributed by atoms with Gasteiger partial charge in [0, 0.05) is 37.6 Å². The summed E-state index contributed by atoms with van der Waals surface area (Å²) in [5.74, 6) is 0.124. The average molecular weight is 284 g/mol. The summed E-state index contributed by atoms with van der Waals surface area (Å²) in [7, 11) is 1.77. The summed E-state index contributed by atoms with van der Waals surface area (Å²) in [4.78, 5) is 12.2. The molecule has 0 bridgehead atoms. The lowest BCUT2D eigenvalue weighted by molar-refractivity contribution is -0.142. The SMILES string of the molecule is CCC1(CC)C(NC(=O)CC2COCCN2)CC1OC. The molecule has 0 aromatic rings. The summed E-state index contributed by atoms with van der Waals surface area (Å²) in [6.07, 6.45) is 3.78. The van der Waals surface area contributed by atoms with Crippen LogP contribution in [0.25, 0.3) is 0 Å². The van der Waals surface area contributed by atoms with Crippen LogP contribution in [0.2, 0.25) is 0 Å². The Bertz CT molecular complexity index is 325. The maximum Gasteiger partial charge on any atom is 0.221 e. The second-order valence-electron chi connectivity index (χ2n) is 5.95. The number of carbonyl (C=O) groups excluding carboxylic acids is 1. The maximum absolute atomic E-state index is 12.2. The highest BCUT2D eigenvalue weighted by atomic mass is 16.5. The smallest absolute Gasteiger partial charge is 0.221 e. The van der Waals surface area contributed by atoms with Gasteiger partial charge in [-0.15, -0.1) is 0 Å². The van der Waals surface area contributed by atoms with Gasteiger partial charge in [0.05, 0.1) is 19.3 Å². The Kier molecular flexibility index (Phi) is 5.41. The number of nitrogens with one attached hydrogen (secondary N) is 2. The zero-order chi connectivity index (χ0) is 14.6. The van der Waals surface area contributed by atoms with Crippen molar-refractivity contribution in [2.75, 3.05) is 26.9 Å². The van der Waals surface area contributed by atoms with Gasteiger partial charge >= 0.3 is 0 Å². The molecule has 3 atom stereocenters. The Balaban J connectivity index is 1.84. The minimum Gasteiger partial charge on any atom is -0.381 e. The van der Waals surface area contributed by atoms with Gasteiger partial charge in [-0.25, -0.2) is 0 Å². The van der Waals surface area contributed by atoms with Crippen molar-refractivity contribution in [1.29, 1.82) is 0 Å². The van der Waals surface area contributed by atoms with Gasteiger partial charge in [-0.05, 0) is 19.3 Å². The van der Waals surface area contributed by atoms with Gasteiger partial charge in [0.2, 0.25) is 5.91 Å². The Morgan fingerprint density at radius 1 is 1.45 bits per heavy atom. The summed E-state index contributed by atoms with van der Waals surface area (Å²) in [5, 5.41) is 6.52. The van der Waals surface area contributed by atoms with Crippen molar-refractivity contribution >= 4 is 5.91 Å². The predicted molar refractivity (Wildman–Crippen MR) is 77.6 cm³/mol. The number of hydrogen-bond acceptors (Lipinski definition) is 4. The van der Waals surface area contributed by atoms with Crippen molar-refractivity contribution in [2.24, 2.45) is 5.41 Å². The van der Waals surface area contributed by atoms with E-state index in [1.54, 1.807) is 7.11 Å². The summed E-state index contributed by atoms with van der Waals surface area (Å²) < 4.78 is 10.9. The summed E-state index contributed by atoms with van der Waals surface area (Å²) in [6.45, 7) is 6.58. The van der Waals surface area contributed by atoms with Gasteiger partial charge in [-0.2, -0.15) is 0 Å². The van der Waals surface area contributed by atoms with Crippen molar-refractivity contribution in [3.8, 4) is 0 Å². The highest BCUT2D eigenvalue weighted by Crippen LogP contribution is 2.48. The Labute approximate surface area is 121 Å². The van der Waals surface area contributed by atoms with Crippen molar-refractivity contribution < 1.29 is 14.3 Å². The van der Waals surface area contributed by atoms with E-state index in [1.807, 2.05) is 0 Å². The minimum atomic E-state index is 0.112. The molecule has 2 aliphatic rings.